The number of ether oxygens (including phenoxy) is 2. The van der Waals surface area contributed by atoms with E-state index in [-0.39, 0.29) is 12.8 Å². The lowest BCUT2D eigenvalue weighted by Gasteiger charge is -2.10. The van der Waals surface area contributed by atoms with Crippen LogP contribution in [-0.2, 0) is 19.1 Å². The quantitative estimate of drug-likeness (QED) is 0.488. The fourth-order valence-electron chi connectivity index (χ4n) is 0.416. The van der Waals surface area contributed by atoms with Crippen LogP contribution in [0.4, 0.5) is 0 Å². The number of esters is 2. The highest BCUT2D eigenvalue weighted by molar-refractivity contribution is 5.70. The first kappa shape index (κ1) is 10.9. The zero-order valence-corrected chi connectivity index (χ0v) is 7.07. The van der Waals surface area contributed by atoms with E-state index in [9.17, 15) is 9.59 Å². The van der Waals surface area contributed by atoms with Crippen LogP contribution in [0.3, 0.4) is 0 Å². The molecule has 0 radical (unpaired) electrons. The molecule has 70 valence electrons. The summed E-state index contributed by atoms with van der Waals surface area (Å²) in [5, 5.41) is 8.77. The molecule has 0 aromatic heterocycles. The summed E-state index contributed by atoms with van der Waals surface area (Å²) in [6.45, 7) is 1.36. The molecule has 0 fully saturated rings. The van der Waals surface area contributed by atoms with Crippen molar-refractivity contribution < 1.29 is 24.2 Å². The first-order valence-corrected chi connectivity index (χ1v) is 3.67. The van der Waals surface area contributed by atoms with E-state index in [0.29, 0.717) is 0 Å². The highest BCUT2D eigenvalue weighted by Crippen LogP contribution is 1.95. The number of hydrogen-bond donors (Lipinski definition) is 1. The SMILES string of the molecule is CCC(=O)OC(O)OC(=O)CC. The summed E-state index contributed by atoms with van der Waals surface area (Å²) in [6.07, 6.45) is 0.251. The Morgan fingerprint density at radius 3 is 1.75 bits per heavy atom. The van der Waals surface area contributed by atoms with E-state index in [2.05, 4.69) is 9.47 Å². The van der Waals surface area contributed by atoms with Crippen LogP contribution >= 0.6 is 0 Å². The van der Waals surface area contributed by atoms with Crippen molar-refractivity contribution in [1.82, 2.24) is 0 Å². The molecule has 0 bridgehead atoms. The van der Waals surface area contributed by atoms with Crippen molar-refractivity contribution in [2.24, 2.45) is 0 Å². The van der Waals surface area contributed by atoms with E-state index in [1.807, 2.05) is 0 Å². The molecule has 0 aromatic carbocycles. The van der Waals surface area contributed by atoms with E-state index < -0.39 is 18.4 Å². The Bertz CT molecular complexity index is 147. The van der Waals surface area contributed by atoms with Crippen LogP contribution in [0, 0.1) is 0 Å². The van der Waals surface area contributed by atoms with E-state index in [1.165, 1.54) is 0 Å². The van der Waals surface area contributed by atoms with Crippen molar-refractivity contribution in [3.05, 3.63) is 0 Å². The molecule has 0 aromatic rings. The summed E-state index contributed by atoms with van der Waals surface area (Å²) in [6, 6.07) is 0. The molecule has 0 saturated heterocycles. The van der Waals surface area contributed by atoms with Crippen LogP contribution in [0.1, 0.15) is 26.7 Å². The summed E-state index contributed by atoms with van der Waals surface area (Å²) in [5.41, 5.74) is 0. The topological polar surface area (TPSA) is 72.8 Å². The number of rotatable bonds is 4. The van der Waals surface area contributed by atoms with Crippen molar-refractivity contribution in [3.63, 3.8) is 0 Å². The van der Waals surface area contributed by atoms with Crippen LogP contribution < -0.4 is 0 Å². The number of carbonyl (C=O) groups is 2. The third-order valence-corrected chi connectivity index (χ3v) is 1.04. The fourth-order valence-corrected chi connectivity index (χ4v) is 0.416. The van der Waals surface area contributed by atoms with Gasteiger partial charge in [0.1, 0.15) is 0 Å². The minimum Gasteiger partial charge on any atom is -0.400 e. The van der Waals surface area contributed by atoms with Gasteiger partial charge in [0.15, 0.2) is 0 Å². The summed E-state index contributed by atoms with van der Waals surface area (Å²) < 4.78 is 8.49. The van der Waals surface area contributed by atoms with Crippen LogP contribution in [0.15, 0.2) is 0 Å². The highest BCUT2D eigenvalue weighted by atomic mass is 16.8. The average molecular weight is 176 g/mol. The molecular formula is C7H12O5. The van der Waals surface area contributed by atoms with Crippen LogP contribution in [-0.4, -0.2) is 23.5 Å². The lowest BCUT2D eigenvalue weighted by Crippen LogP contribution is -2.23. The largest absolute Gasteiger partial charge is 0.400 e. The van der Waals surface area contributed by atoms with Gasteiger partial charge in [0, 0.05) is 12.8 Å². The van der Waals surface area contributed by atoms with Gasteiger partial charge in [0.2, 0.25) is 0 Å². The normalized spacial score (nSPS) is 9.67. The van der Waals surface area contributed by atoms with E-state index in [4.69, 9.17) is 5.11 Å². The second-order valence-corrected chi connectivity index (χ2v) is 1.99. The molecule has 0 unspecified atom stereocenters. The molecule has 0 aliphatic heterocycles. The lowest BCUT2D eigenvalue weighted by molar-refractivity contribution is -0.245. The van der Waals surface area contributed by atoms with Gasteiger partial charge in [-0.15, -0.1) is 0 Å². The summed E-state index contributed by atoms with van der Waals surface area (Å²) in [5.74, 6) is -1.24. The molecule has 0 rings (SSSR count). The molecule has 1 N–H and O–H groups in total. The Morgan fingerprint density at radius 2 is 1.50 bits per heavy atom. The molecule has 5 heteroatoms. The van der Waals surface area contributed by atoms with Crippen molar-refractivity contribution in [2.45, 2.75) is 33.2 Å². The Labute approximate surface area is 70.3 Å². The monoisotopic (exact) mass is 176 g/mol. The maximum absolute atomic E-state index is 10.5. The van der Waals surface area contributed by atoms with Crippen LogP contribution in [0.25, 0.3) is 0 Å². The van der Waals surface area contributed by atoms with E-state index in [0.717, 1.165) is 0 Å². The van der Waals surface area contributed by atoms with Gasteiger partial charge >= 0.3 is 18.4 Å². The van der Waals surface area contributed by atoms with Crippen molar-refractivity contribution in [1.29, 1.82) is 0 Å². The third kappa shape index (κ3) is 4.68. The molecule has 0 saturated carbocycles. The standard InChI is InChI=1S/C7H12O5/c1-3-5(8)11-7(10)12-6(9)4-2/h7,10H,3-4H2,1-2H3. The minimum atomic E-state index is -1.77. The maximum Gasteiger partial charge on any atom is 0.362 e. The number of carbonyl (C=O) groups excluding carboxylic acids is 2. The van der Waals surface area contributed by atoms with E-state index >= 15 is 0 Å². The van der Waals surface area contributed by atoms with Gasteiger partial charge in [-0.2, -0.15) is 0 Å². The summed E-state index contributed by atoms with van der Waals surface area (Å²) in [4.78, 5) is 21.0. The van der Waals surface area contributed by atoms with Gasteiger partial charge < -0.3 is 14.6 Å². The first-order valence-electron chi connectivity index (χ1n) is 3.67. The van der Waals surface area contributed by atoms with E-state index in [1.54, 1.807) is 13.8 Å². The second kappa shape index (κ2) is 5.54. The zero-order valence-electron chi connectivity index (χ0n) is 7.07. The Hall–Kier alpha value is -1.10. The molecule has 0 heterocycles. The molecular weight excluding hydrogens is 164 g/mol. The smallest absolute Gasteiger partial charge is 0.362 e. The van der Waals surface area contributed by atoms with Gasteiger partial charge in [-0.25, -0.2) is 0 Å². The van der Waals surface area contributed by atoms with Crippen LogP contribution in [0.2, 0.25) is 0 Å². The molecule has 0 aliphatic carbocycles. The maximum atomic E-state index is 10.5. The van der Waals surface area contributed by atoms with Gasteiger partial charge in [-0.05, 0) is 0 Å². The Morgan fingerprint density at radius 1 is 1.17 bits per heavy atom. The molecule has 0 atom stereocenters. The zero-order chi connectivity index (χ0) is 9.56. The Balaban J connectivity index is 3.66. The summed E-state index contributed by atoms with van der Waals surface area (Å²) in [7, 11) is 0. The Kier molecular flexibility index (Phi) is 5.03. The molecule has 0 spiro atoms. The fraction of sp³-hybridized carbons (Fsp3) is 0.714. The predicted octanol–water partition coefficient (Wildman–Crippen LogP) is 0.169. The van der Waals surface area contributed by atoms with Gasteiger partial charge in [-0.3, -0.25) is 9.59 Å². The number of aliphatic hydroxyl groups is 1. The molecule has 0 amide bonds. The highest BCUT2D eigenvalue weighted by Gasteiger charge is 2.12. The average Bonchev–Trinajstić information content (AvgIpc) is 2.03. The predicted molar refractivity (Wildman–Crippen MR) is 38.8 cm³/mol. The van der Waals surface area contributed by atoms with Crippen molar-refractivity contribution >= 4 is 11.9 Å². The van der Waals surface area contributed by atoms with Crippen molar-refractivity contribution in [2.75, 3.05) is 0 Å². The molecule has 12 heavy (non-hydrogen) atoms. The van der Waals surface area contributed by atoms with Gasteiger partial charge in [-0.1, -0.05) is 13.8 Å². The second-order valence-electron chi connectivity index (χ2n) is 1.99. The molecule has 0 aliphatic rings. The third-order valence-electron chi connectivity index (χ3n) is 1.04. The molecule has 5 nitrogen and oxygen atoms in total. The number of hydrogen-bond acceptors (Lipinski definition) is 5. The van der Waals surface area contributed by atoms with Crippen molar-refractivity contribution in [3.8, 4) is 0 Å². The lowest BCUT2D eigenvalue weighted by atomic mass is 10.5. The first-order chi connectivity index (χ1) is 5.60. The van der Waals surface area contributed by atoms with Crippen LogP contribution in [0.5, 0.6) is 0 Å². The van der Waals surface area contributed by atoms with Gasteiger partial charge in [0.05, 0.1) is 0 Å². The number of aliphatic hydroxyl groups excluding tert-OH is 1. The summed E-state index contributed by atoms with van der Waals surface area (Å²) >= 11 is 0. The minimum absolute atomic E-state index is 0.126. The van der Waals surface area contributed by atoms with Gasteiger partial charge in [0.25, 0.3) is 0 Å².